The molecule has 1 saturated heterocycles. The van der Waals surface area contributed by atoms with E-state index in [1.165, 1.54) is 24.6 Å². The third-order valence-electron chi connectivity index (χ3n) is 4.61. The Labute approximate surface area is 150 Å². The Balaban J connectivity index is 1.71. The van der Waals surface area contributed by atoms with Gasteiger partial charge in [0.15, 0.2) is 0 Å². The average molecular weight is 356 g/mol. The van der Waals surface area contributed by atoms with Crippen LogP contribution in [0, 0.1) is 12.8 Å². The van der Waals surface area contributed by atoms with E-state index in [-0.39, 0.29) is 0 Å². The van der Waals surface area contributed by atoms with Crippen molar-refractivity contribution >= 4 is 23.5 Å². The van der Waals surface area contributed by atoms with Gasteiger partial charge in [-0.25, -0.2) is 9.97 Å². The Hall–Kier alpha value is -2.29. The van der Waals surface area contributed by atoms with Gasteiger partial charge in [-0.2, -0.15) is 9.50 Å². The third-order valence-corrected chi connectivity index (χ3v) is 5.14. The zero-order valence-corrected chi connectivity index (χ0v) is 15.4. The quantitative estimate of drug-likeness (QED) is 0.661. The number of rotatable bonds is 3. The molecule has 9 heteroatoms. The van der Waals surface area contributed by atoms with Gasteiger partial charge >= 0.3 is 0 Å². The first kappa shape index (κ1) is 16.2. The van der Waals surface area contributed by atoms with Crippen LogP contribution in [0.4, 0.5) is 5.95 Å². The van der Waals surface area contributed by atoms with E-state index < -0.39 is 0 Å². The monoisotopic (exact) mass is 356 g/mol. The zero-order valence-electron chi connectivity index (χ0n) is 14.5. The van der Waals surface area contributed by atoms with Crippen LogP contribution in [-0.2, 0) is 0 Å². The summed E-state index contributed by atoms with van der Waals surface area (Å²) in [4.78, 5) is 15.8. The first-order valence-corrected chi connectivity index (χ1v) is 9.60. The lowest BCUT2D eigenvalue weighted by Crippen LogP contribution is -2.34. The van der Waals surface area contributed by atoms with Gasteiger partial charge in [0.05, 0.1) is 11.4 Å². The minimum Gasteiger partial charge on any atom is -0.341 e. The smallest absolute Gasteiger partial charge is 0.272 e. The molecular weight excluding hydrogens is 336 g/mol. The first-order valence-electron chi connectivity index (χ1n) is 8.38. The SMILES string of the molecule is CSc1nc2nnc(-c3ccnc(N4CCC(C)CC4)n3)c(C)n2n1. The van der Waals surface area contributed by atoms with E-state index in [1.54, 1.807) is 10.7 Å². The molecule has 1 aliphatic rings. The molecule has 0 aliphatic carbocycles. The Morgan fingerprint density at radius 1 is 1.16 bits per heavy atom. The van der Waals surface area contributed by atoms with Gasteiger partial charge in [0, 0.05) is 19.3 Å². The van der Waals surface area contributed by atoms with Crippen molar-refractivity contribution in [3.8, 4) is 11.4 Å². The third kappa shape index (κ3) is 3.04. The van der Waals surface area contributed by atoms with Gasteiger partial charge in [-0.3, -0.25) is 0 Å². The molecule has 0 N–H and O–H groups in total. The van der Waals surface area contributed by atoms with E-state index in [2.05, 4.69) is 37.1 Å². The van der Waals surface area contributed by atoms with E-state index in [1.807, 2.05) is 19.2 Å². The van der Waals surface area contributed by atoms with Crippen molar-refractivity contribution in [1.82, 2.24) is 34.8 Å². The number of hydrogen-bond acceptors (Lipinski definition) is 8. The van der Waals surface area contributed by atoms with Gasteiger partial charge in [-0.1, -0.05) is 18.7 Å². The second kappa shape index (κ2) is 6.55. The largest absolute Gasteiger partial charge is 0.341 e. The number of anilines is 1. The van der Waals surface area contributed by atoms with Gasteiger partial charge in [0.25, 0.3) is 5.78 Å². The summed E-state index contributed by atoms with van der Waals surface area (Å²) in [5, 5.41) is 13.7. The number of nitrogens with zero attached hydrogens (tertiary/aromatic N) is 8. The standard InChI is InChI=1S/C16H20N8S/c1-10-5-8-23(9-6-10)14-17-7-4-12(18-14)13-11(2)24-15(21-20-13)19-16(22-24)25-3/h4,7,10H,5-6,8-9H2,1-3H3. The van der Waals surface area contributed by atoms with Crippen molar-refractivity contribution in [2.75, 3.05) is 24.2 Å². The van der Waals surface area contributed by atoms with E-state index in [4.69, 9.17) is 4.98 Å². The van der Waals surface area contributed by atoms with Crippen molar-refractivity contribution in [3.63, 3.8) is 0 Å². The summed E-state index contributed by atoms with van der Waals surface area (Å²) in [6.45, 7) is 6.24. The van der Waals surface area contributed by atoms with Crippen LogP contribution in [0.25, 0.3) is 17.2 Å². The fourth-order valence-corrected chi connectivity index (χ4v) is 3.34. The summed E-state index contributed by atoms with van der Waals surface area (Å²) in [6.07, 6.45) is 6.08. The molecule has 4 heterocycles. The second-order valence-electron chi connectivity index (χ2n) is 6.36. The number of fused-ring (bicyclic) bond motifs is 1. The molecule has 4 rings (SSSR count). The van der Waals surface area contributed by atoms with E-state index in [9.17, 15) is 0 Å². The molecule has 0 radical (unpaired) electrons. The second-order valence-corrected chi connectivity index (χ2v) is 7.13. The molecule has 3 aromatic rings. The number of thioether (sulfide) groups is 1. The molecule has 1 fully saturated rings. The van der Waals surface area contributed by atoms with Gasteiger partial charge in [-0.15, -0.1) is 15.3 Å². The summed E-state index contributed by atoms with van der Waals surface area (Å²) >= 11 is 1.48. The summed E-state index contributed by atoms with van der Waals surface area (Å²) < 4.78 is 1.72. The van der Waals surface area contributed by atoms with Gasteiger partial charge in [0.1, 0.15) is 5.69 Å². The minimum absolute atomic E-state index is 0.505. The van der Waals surface area contributed by atoms with Crippen LogP contribution in [0.15, 0.2) is 17.4 Å². The molecule has 0 unspecified atom stereocenters. The van der Waals surface area contributed by atoms with Crippen LogP contribution in [0.5, 0.6) is 0 Å². The van der Waals surface area contributed by atoms with Gasteiger partial charge in [-0.05, 0) is 38.0 Å². The van der Waals surface area contributed by atoms with E-state index in [0.29, 0.717) is 16.6 Å². The number of hydrogen-bond donors (Lipinski definition) is 0. The molecule has 0 atom stereocenters. The molecule has 0 amide bonds. The zero-order chi connectivity index (χ0) is 17.4. The number of aromatic nitrogens is 7. The maximum absolute atomic E-state index is 4.73. The summed E-state index contributed by atoms with van der Waals surface area (Å²) in [6, 6.07) is 1.87. The Bertz CT molecular complexity index is 900. The van der Waals surface area contributed by atoms with Crippen LogP contribution in [0.3, 0.4) is 0 Å². The molecule has 3 aromatic heterocycles. The molecule has 0 saturated carbocycles. The van der Waals surface area contributed by atoms with Crippen molar-refractivity contribution in [1.29, 1.82) is 0 Å². The van der Waals surface area contributed by atoms with Crippen LogP contribution < -0.4 is 4.90 Å². The van der Waals surface area contributed by atoms with Crippen LogP contribution >= 0.6 is 11.8 Å². The molecule has 0 aromatic carbocycles. The Kier molecular flexibility index (Phi) is 4.24. The number of piperidine rings is 1. The van der Waals surface area contributed by atoms with E-state index >= 15 is 0 Å². The normalized spacial score (nSPS) is 15.9. The summed E-state index contributed by atoms with van der Waals surface area (Å²) in [5.74, 6) is 2.03. The number of aryl methyl sites for hydroxylation is 1. The van der Waals surface area contributed by atoms with E-state index in [0.717, 1.165) is 36.3 Å². The molecule has 1 aliphatic heterocycles. The first-order chi connectivity index (χ1) is 12.2. The van der Waals surface area contributed by atoms with Crippen LogP contribution in [0.2, 0.25) is 0 Å². The van der Waals surface area contributed by atoms with Crippen molar-refractivity contribution < 1.29 is 0 Å². The van der Waals surface area contributed by atoms with Crippen molar-refractivity contribution in [2.45, 2.75) is 31.8 Å². The maximum atomic E-state index is 4.73. The lowest BCUT2D eigenvalue weighted by atomic mass is 10.00. The summed E-state index contributed by atoms with van der Waals surface area (Å²) in [7, 11) is 0. The predicted molar refractivity (Wildman–Crippen MR) is 96.7 cm³/mol. The highest BCUT2D eigenvalue weighted by atomic mass is 32.2. The average Bonchev–Trinajstić information content (AvgIpc) is 3.07. The van der Waals surface area contributed by atoms with Gasteiger partial charge < -0.3 is 4.90 Å². The predicted octanol–water partition coefficient (Wildman–Crippen LogP) is 2.24. The van der Waals surface area contributed by atoms with Crippen LogP contribution in [0.1, 0.15) is 25.5 Å². The van der Waals surface area contributed by atoms with Crippen molar-refractivity contribution in [2.24, 2.45) is 5.92 Å². The highest BCUT2D eigenvalue weighted by Gasteiger charge is 2.19. The lowest BCUT2D eigenvalue weighted by molar-refractivity contribution is 0.434. The van der Waals surface area contributed by atoms with Crippen LogP contribution in [-0.4, -0.2) is 54.1 Å². The van der Waals surface area contributed by atoms with Gasteiger partial charge in [0.2, 0.25) is 11.1 Å². The fraction of sp³-hybridized carbons (Fsp3) is 0.500. The highest BCUT2D eigenvalue weighted by molar-refractivity contribution is 7.98. The maximum Gasteiger partial charge on any atom is 0.272 e. The highest BCUT2D eigenvalue weighted by Crippen LogP contribution is 2.24. The molecule has 0 bridgehead atoms. The topological polar surface area (TPSA) is 85.0 Å². The fourth-order valence-electron chi connectivity index (χ4n) is 3.01. The lowest BCUT2D eigenvalue weighted by Gasteiger charge is -2.30. The Morgan fingerprint density at radius 3 is 2.72 bits per heavy atom. The Morgan fingerprint density at radius 2 is 1.96 bits per heavy atom. The minimum atomic E-state index is 0.505. The van der Waals surface area contributed by atoms with Crippen molar-refractivity contribution in [3.05, 3.63) is 18.0 Å². The molecule has 130 valence electrons. The molecule has 25 heavy (non-hydrogen) atoms. The summed E-state index contributed by atoms with van der Waals surface area (Å²) in [5.41, 5.74) is 2.34. The molecule has 8 nitrogen and oxygen atoms in total. The molecule has 0 spiro atoms. The molecular formula is C16H20N8S.